The second kappa shape index (κ2) is 8.15. The Bertz CT molecular complexity index is 382. The normalized spacial score (nSPS) is 25.2. The quantitative estimate of drug-likeness (QED) is 0.740. The fourth-order valence-corrected chi connectivity index (χ4v) is 6.23. The molecule has 0 aliphatic carbocycles. The lowest BCUT2D eigenvalue weighted by molar-refractivity contribution is 0.517. The van der Waals surface area contributed by atoms with Crippen LogP contribution in [0, 0.1) is 3.57 Å². The van der Waals surface area contributed by atoms with E-state index in [0.29, 0.717) is 6.04 Å². The Balaban J connectivity index is 2.04. The Morgan fingerprint density at radius 3 is 2.58 bits per heavy atom. The van der Waals surface area contributed by atoms with Gasteiger partial charge < -0.3 is 5.32 Å². The number of hydrogen-bond acceptors (Lipinski definition) is 3. The summed E-state index contributed by atoms with van der Waals surface area (Å²) in [6.07, 6.45) is 2.43. The lowest BCUT2D eigenvalue weighted by atomic mass is 10.0. The maximum atomic E-state index is 3.56. The zero-order valence-electron chi connectivity index (χ0n) is 11.6. The van der Waals surface area contributed by atoms with E-state index in [4.69, 9.17) is 0 Å². The Kier molecular flexibility index (Phi) is 6.86. The Hall–Kier alpha value is 0.610. The average Bonchev–Trinajstić information content (AvgIpc) is 2.46. The molecule has 1 aliphatic heterocycles. The van der Waals surface area contributed by atoms with E-state index < -0.39 is 0 Å². The van der Waals surface area contributed by atoms with Gasteiger partial charge in [-0.1, -0.05) is 19.1 Å². The molecule has 4 heteroatoms. The number of nitrogens with one attached hydrogen (secondary N) is 1. The molecule has 0 saturated carbocycles. The van der Waals surface area contributed by atoms with Gasteiger partial charge in [0.25, 0.3) is 0 Å². The van der Waals surface area contributed by atoms with E-state index in [2.05, 4.69) is 89.7 Å². The van der Waals surface area contributed by atoms with Gasteiger partial charge in [-0.2, -0.15) is 23.5 Å². The van der Waals surface area contributed by atoms with Crippen LogP contribution in [0.5, 0.6) is 0 Å². The van der Waals surface area contributed by atoms with Gasteiger partial charge in [0, 0.05) is 31.6 Å². The van der Waals surface area contributed by atoms with Gasteiger partial charge in [0.15, 0.2) is 0 Å². The molecule has 1 aromatic rings. The molecule has 19 heavy (non-hydrogen) atoms. The van der Waals surface area contributed by atoms with Crippen LogP contribution in [0.15, 0.2) is 24.3 Å². The minimum absolute atomic E-state index is 0.586. The zero-order chi connectivity index (χ0) is 13.7. The average molecular weight is 407 g/mol. The molecule has 1 aromatic carbocycles. The van der Waals surface area contributed by atoms with Gasteiger partial charge in [-0.05, 0) is 60.2 Å². The molecule has 0 aromatic heterocycles. The molecule has 0 spiro atoms. The predicted octanol–water partition coefficient (Wildman–Crippen LogP) is 4.05. The van der Waals surface area contributed by atoms with Crippen molar-refractivity contribution >= 4 is 46.1 Å². The molecule has 1 saturated heterocycles. The molecule has 1 nitrogen and oxygen atoms in total. The van der Waals surface area contributed by atoms with Crippen LogP contribution in [-0.2, 0) is 6.42 Å². The molecule has 3 atom stereocenters. The van der Waals surface area contributed by atoms with E-state index >= 15 is 0 Å². The lowest BCUT2D eigenvalue weighted by Crippen LogP contribution is -2.44. The highest BCUT2D eigenvalue weighted by atomic mass is 127. The summed E-state index contributed by atoms with van der Waals surface area (Å²) in [6.45, 7) is 2.33. The summed E-state index contributed by atoms with van der Waals surface area (Å²) in [5.41, 5.74) is 1.45. The molecule has 0 radical (unpaired) electrons. The Morgan fingerprint density at radius 1 is 1.26 bits per heavy atom. The molecule has 2 rings (SSSR count). The minimum atomic E-state index is 0.586. The summed E-state index contributed by atoms with van der Waals surface area (Å²) in [5, 5.41) is 5.11. The SMILES string of the molecule is CCC1SCCSC1C(Cc1ccc(I)cc1)NC. The molecule has 3 unspecified atom stereocenters. The Morgan fingerprint density at radius 2 is 1.95 bits per heavy atom. The Labute approximate surface area is 139 Å². The number of hydrogen-bond donors (Lipinski definition) is 1. The monoisotopic (exact) mass is 407 g/mol. The van der Waals surface area contributed by atoms with Crippen LogP contribution in [-0.4, -0.2) is 35.1 Å². The minimum Gasteiger partial charge on any atom is -0.316 e. The van der Waals surface area contributed by atoms with Crippen LogP contribution < -0.4 is 5.32 Å². The van der Waals surface area contributed by atoms with Crippen molar-refractivity contribution < 1.29 is 0 Å². The van der Waals surface area contributed by atoms with E-state index in [-0.39, 0.29) is 0 Å². The van der Waals surface area contributed by atoms with Gasteiger partial charge >= 0.3 is 0 Å². The molecule has 1 N–H and O–H groups in total. The number of halogens is 1. The highest BCUT2D eigenvalue weighted by Crippen LogP contribution is 2.35. The van der Waals surface area contributed by atoms with Crippen LogP contribution in [0.2, 0.25) is 0 Å². The molecule has 0 amide bonds. The van der Waals surface area contributed by atoms with Gasteiger partial charge in [-0.25, -0.2) is 0 Å². The van der Waals surface area contributed by atoms with Crippen LogP contribution in [0.3, 0.4) is 0 Å². The van der Waals surface area contributed by atoms with Crippen LogP contribution >= 0.6 is 46.1 Å². The first kappa shape index (κ1) is 16.0. The summed E-state index contributed by atoms with van der Waals surface area (Å²) in [7, 11) is 2.11. The number of thioether (sulfide) groups is 2. The fourth-order valence-electron chi connectivity index (χ4n) is 2.57. The molecule has 0 bridgehead atoms. The molecule has 1 aliphatic rings. The molecule has 1 heterocycles. The van der Waals surface area contributed by atoms with Gasteiger partial charge in [0.05, 0.1) is 0 Å². The zero-order valence-corrected chi connectivity index (χ0v) is 15.4. The summed E-state index contributed by atoms with van der Waals surface area (Å²) in [4.78, 5) is 0. The summed E-state index contributed by atoms with van der Waals surface area (Å²) in [5.74, 6) is 2.62. The van der Waals surface area contributed by atoms with E-state index in [1.54, 1.807) is 0 Å². The smallest absolute Gasteiger partial charge is 0.0323 e. The van der Waals surface area contributed by atoms with E-state index in [1.165, 1.54) is 27.1 Å². The van der Waals surface area contributed by atoms with Crippen molar-refractivity contribution in [3.63, 3.8) is 0 Å². The largest absolute Gasteiger partial charge is 0.316 e. The first-order valence-electron chi connectivity index (χ1n) is 6.89. The second-order valence-electron chi connectivity index (χ2n) is 4.88. The van der Waals surface area contributed by atoms with Gasteiger partial charge in [-0.15, -0.1) is 0 Å². The summed E-state index contributed by atoms with van der Waals surface area (Å²) in [6, 6.07) is 9.55. The molecule has 1 fully saturated rings. The highest BCUT2D eigenvalue weighted by molar-refractivity contribution is 14.1. The first-order chi connectivity index (χ1) is 9.24. The van der Waals surface area contributed by atoms with Crippen LogP contribution in [0.4, 0.5) is 0 Å². The van der Waals surface area contributed by atoms with E-state index in [0.717, 1.165) is 16.9 Å². The maximum Gasteiger partial charge on any atom is 0.0323 e. The standard InChI is InChI=1S/C15H22INS2/c1-3-14-15(19-9-8-18-14)13(17-2)10-11-4-6-12(16)7-5-11/h4-7,13-15,17H,3,8-10H2,1-2H3. The van der Waals surface area contributed by atoms with Gasteiger partial charge in [0.1, 0.15) is 0 Å². The van der Waals surface area contributed by atoms with E-state index in [1.807, 2.05) is 0 Å². The van der Waals surface area contributed by atoms with Crippen molar-refractivity contribution in [2.75, 3.05) is 18.6 Å². The fraction of sp³-hybridized carbons (Fsp3) is 0.600. The third-order valence-electron chi connectivity index (χ3n) is 3.63. The van der Waals surface area contributed by atoms with Crippen molar-refractivity contribution in [1.29, 1.82) is 0 Å². The van der Waals surface area contributed by atoms with Crippen LogP contribution in [0.25, 0.3) is 0 Å². The van der Waals surface area contributed by atoms with Crippen molar-refractivity contribution in [3.8, 4) is 0 Å². The van der Waals surface area contributed by atoms with Crippen molar-refractivity contribution in [3.05, 3.63) is 33.4 Å². The second-order valence-corrected chi connectivity index (χ2v) is 8.76. The van der Waals surface area contributed by atoms with Crippen molar-refractivity contribution in [2.24, 2.45) is 0 Å². The highest BCUT2D eigenvalue weighted by Gasteiger charge is 2.31. The van der Waals surface area contributed by atoms with Crippen LogP contribution in [0.1, 0.15) is 18.9 Å². The number of benzene rings is 1. The van der Waals surface area contributed by atoms with Gasteiger partial charge in [0.2, 0.25) is 0 Å². The maximum absolute atomic E-state index is 3.56. The van der Waals surface area contributed by atoms with Crippen molar-refractivity contribution in [2.45, 2.75) is 36.3 Å². The summed E-state index contributed by atoms with van der Waals surface area (Å²) < 4.78 is 1.32. The molecular formula is C15H22INS2. The summed E-state index contributed by atoms with van der Waals surface area (Å²) >= 11 is 6.70. The molecule has 106 valence electrons. The van der Waals surface area contributed by atoms with Crippen molar-refractivity contribution in [1.82, 2.24) is 5.32 Å². The number of likely N-dealkylation sites (N-methyl/N-ethyl adjacent to an activating group) is 1. The number of rotatable bonds is 5. The lowest BCUT2D eigenvalue weighted by Gasteiger charge is -2.36. The first-order valence-corrected chi connectivity index (χ1v) is 10.1. The third-order valence-corrected chi connectivity index (χ3v) is 7.76. The molecular weight excluding hydrogens is 385 g/mol. The third kappa shape index (κ3) is 4.55. The predicted molar refractivity (Wildman–Crippen MR) is 98.5 cm³/mol. The topological polar surface area (TPSA) is 12.0 Å². The van der Waals surface area contributed by atoms with E-state index in [9.17, 15) is 0 Å². The van der Waals surface area contributed by atoms with Gasteiger partial charge in [-0.3, -0.25) is 0 Å².